The fourth-order valence-electron chi connectivity index (χ4n) is 1.66. The van der Waals surface area contributed by atoms with Crippen molar-refractivity contribution in [2.45, 2.75) is 17.9 Å². The molecule has 19 heavy (non-hydrogen) atoms. The molecule has 0 radical (unpaired) electrons. The summed E-state index contributed by atoms with van der Waals surface area (Å²) in [7, 11) is -1.96. The molecule has 0 amide bonds. The van der Waals surface area contributed by atoms with Gasteiger partial charge in [-0.15, -0.1) is 0 Å². The number of hydrogen-bond donors (Lipinski definition) is 2. The van der Waals surface area contributed by atoms with Crippen LogP contribution in [-0.4, -0.2) is 30.1 Å². The summed E-state index contributed by atoms with van der Waals surface area (Å²) in [6.07, 6.45) is -0.771. The van der Waals surface area contributed by atoms with E-state index in [9.17, 15) is 13.2 Å². The predicted octanol–water partition coefficient (Wildman–Crippen LogP) is 0.259. The van der Waals surface area contributed by atoms with E-state index < -0.39 is 16.1 Å². The van der Waals surface area contributed by atoms with Gasteiger partial charge in [0.15, 0.2) is 0 Å². The third-order valence-corrected chi connectivity index (χ3v) is 4.90. The van der Waals surface area contributed by atoms with Crippen LogP contribution in [0.2, 0.25) is 0 Å². The molecule has 0 saturated carbocycles. The maximum absolute atomic E-state index is 12.0. The first-order chi connectivity index (χ1) is 8.81. The van der Waals surface area contributed by atoms with E-state index in [4.69, 9.17) is 5.11 Å². The molecule has 0 saturated heterocycles. The first-order valence-corrected chi connectivity index (χ1v) is 7.85. The Morgan fingerprint density at radius 3 is 2.79 bits per heavy atom. The second-order valence-corrected chi connectivity index (χ2v) is 7.12. The van der Waals surface area contributed by atoms with Gasteiger partial charge in [0, 0.05) is 13.6 Å². The second kappa shape index (κ2) is 5.04. The van der Waals surface area contributed by atoms with Crippen molar-refractivity contribution in [3.63, 3.8) is 0 Å². The van der Waals surface area contributed by atoms with Crippen molar-refractivity contribution in [2.24, 2.45) is 7.05 Å². The Labute approximate surface area is 114 Å². The van der Waals surface area contributed by atoms with Crippen molar-refractivity contribution in [1.29, 1.82) is 0 Å². The molecule has 6 nitrogen and oxygen atoms in total. The number of sulfonamides is 1. The topological polar surface area (TPSA) is 88.4 Å². The molecule has 0 fully saturated rings. The monoisotopic (exact) mass is 302 g/mol. The number of aryl methyl sites for hydroxylation is 1. The summed E-state index contributed by atoms with van der Waals surface area (Å²) in [5, 5.41) is 9.49. The van der Waals surface area contributed by atoms with Crippen LogP contribution in [0.4, 0.5) is 0 Å². The molecular weight excluding hydrogens is 288 g/mol. The highest BCUT2D eigenvalue weighted by Gasteiger charge is 2.16. The van der Waals surface area contributed by atoms with E-state index in [1.807, 2.05) is 0 Å². The van der Waals surface area contributed by atoms with Crippen molar-refractivity contribution in [3.05, 3.63) is 27.7 Å². The van der Waals surface area contributed by atoms with Gasteiger partial charge in [-0.2, -0.15) is 0 Å². The molecule has 2 rings (SSSR count). The third kappa shape index (κ3) is 2.86. The number of aromatic nitrogens is 1. The number of hydrogen-bond acceptors (Lipinski definition) is 5. The highest BCUT2D eigenvalue weighted by molar-refractivity contribution is 7.89. The van der Waals surface area contributed by atoms with E-state index in [0.717, 1.165) is 11.5 Å². The molecular formula is C11H14N2O4S2. The summed E-state index contributed by atoms with van der Waals surface area (Å²) in [5.74, 6) is 0. The van der Waals surface area contributed by atoms with E-state index in [1.165, 1.54) is 19.1 Å². The average Bonchev–Trinajstić information content (AvgIpc) is 2.62. The summed E-state index contributed by atoms with van der Waals surface area (Å²) in [6.45, 7) is 1.42. The molecule has 104 valence electrons. The average molecular weight is 302 g/mol. The molecule has 0 aliphatic rings. The van der Waals surface area contributed by atoms with Gasteiger partial charge in [0.1, 0.15) is 0 Å². The second-order valence-electron chi connectivity index (χ2n) is 4.26. The zero-order valence-corrected chi connectivity index (χ0v) is 12.1. The van der Waals surface area contributed by atoms with Crippen LogP contribution in [-0.2, 0) is 17.1 Å². The van der Waals surface area contributed by atoms with Gasteiger partial charge in [-0.3, -0.25) is 8.75 Å². The first kappa shape index (κ1) is 14.2. The summed E-state index contributed by atoms with van der Waals surface area (Å²) in [6, 6.07) is 4.40. The van der Waals surface area contributed by atoms with E-state index in [2.05, 4.69) is 4.72 Å². The molecule has 0 bridgehead atoms. The lowest BCUT2D eigenvalue weighted by molar-refractivity contribution is 0.198. The van der Waals surface area contributed by atoms with E-state index in [1.54, 1.807) is 17.1 Å². The number of benzene rings is 1. The highest BCUT2D eigenvalue weighted by Crippen LogP contribution is 2.18. The van der Waals surface area contributed by atoms with Gasteiger partial charge in [-0.25, -0.2) is 13.1 Å². The molecule has 0 aliphatic heterocycles. The number of rotatable bonds is 4. The van der Waals surface area contributed by atoms with Gasteiger partial charge in [0.2, 0.25) is 10.0 Å². The van der Waals surface area contributed by atoms with Gasteiger partial charge in [0.05, 0.1) is 21.9 Å². The lowest BCUT2D eigenvalue weighted by atomic mass is 10.2. The molecule has 1 aromatic carbocycles. The largest absolute Gasteiger partial charge is 0.392 e. The number of fused-ring (bicyclic) bond motifs is 1. The highest BCUT2D eigenvalue weighted by atomic mass is 32.2. The minimum absolute atomic E-state index is 0.0242. The molecule has 2 aromatic rings. The van der Waals surface area contributed by atoms with E-state index >= 15 is 0 Å². The number of aliphatic hydroxyl groups is 1. The van der Waals surface area contributed by atoms with E-state index in [0.29, 0.717) is 10.9 Å². The zero-order chi connectivity index (χ0) is 14.2. The smallest absolute Gasteiger partial charge is 0.257 e. The number of nitrogens with zero attached hydrogens (tertiary/aromatic N) is 1. The lowest BCUT2D eigenvalue weighted by Gasteiger charge is -2.08. The molecule has 0 aliphatic carbocycles. The molecule has 2 N–H and O–H groups in total. The van der Waals surface area contributed by atoms with Crippen LogP contribution < -0.4 is 9.46 Å². The summed E-state index contributed by atoms with van der Waals surface area (Å²) in [5.41, 5.74) is 0.699. The fourth-order valence-corrected chi connectivity index (χ4v) is 3.57. The Balaban J connectivity index is 2.46. The fraction of sp³-hybridized carbons (Fsp3) is 0.364. The van der Waals surface area contributed by atoms with Gasteiger partial charge >= 0.3 is 0 Å². The summed E-state index contributed by atoms with van der Waals surface area (Å²) >= 11 is 1.03. The number of nitrogens with one attached hydrogen (secondary N) is 1. The quantitative estimate of drug-likeness (QED) is 0.848. The molecule has 8 heteroatoms. The standard InChI is InChI=1S/C11H14N2O4S2/c1-7(14)6-12-19(16,17)8-3-4-10-9(5-8)11(15)18-13(10)2/h3-5,7,12,14H,6H2,1-2H3. The SMILES string of the molecule is CC(O)CNS(=O)(=O)c1ccc2c(c1)c(=O)sn2C. The summed E-state index contributed by atoms with van der Waals surface area (Å²) < 4.78 is 27.7. The molecule has 1 heterocycles. The van der Waals surface area contributed by atoms with Crippen molar-refractivity contribution in [3.8, 4) is 0 Å². The van der Waals surface area contributed by atoms with Crippen molar-refractivity contribution in [1.82, 2.24) is 8.68 Å². The number of aliphatic hydroxyl groups excluding tert-OH is 1. The minimum atomic E-state index is -3.71. The molecule has 0 spiro atoms. The summed E-state index contributed by atoms with van der Waals surface area (Å²) in [4.78, 5) is 11.7. The lowest BCUT2D eigenvalue weighted by Crippen LogP contribution is -2.30. The Kier molecular flexibility index (Phi) is 3.77. The van der Waals surface area contributed by atoms with Gasteiger partial charge in [-0.05, 0) is 36.7 Å². The molecule has 1 aromatic heterocycles. The van der Waals surface area contributed by atoms with Crippen LogP contribution >= 0.6 is 11.5 Å². The maximum Gasteiger partial charge on any atom is 0.257 e. The first-order valence-electron chi connectivity index (χ1n) is 5.59. The molecule has 1 unspecified atom stereocenters. The Bertz CT molecular complexity index is 759. The van der Waals surface area contributed by atoms with Crippen LogP contribution in [0.15, 0.2) is 27.9 Å². The van der Waals surface area contributed by atoms with Crippen LogP contribution in [0.25, 0.3) is 10.9 Å². The van der Waals surface area contributed by atoms with Crippen LogP contribution in [0.3, 0.4) is 0 Å². The Morgan fingerprint density at radius 2 is 2.16 bits per heavy atom. The van der Waals surface area contributed by atoms with Crippen molar-refractivity contribution >= 4 is 32.5 Å². The van der Waals surface area contributed by atoms with Crippen LogP contribution in [0.5, 0.6) is 0 Å². The van der Waals surface area contributed by atoms with Gasteiger partial charge in [-0.1, -0.05) is 0 Å². The van der Waals surface area contributed by atoms with Crippen LogP contribution in [0, 0.1) is 0 Å². The third-order valence-electron chi connectivity index (χ3n) is 2.63. The predicted molar refractivity (Wildman–Crippen MR) is 73.9 cm³/mol. The van der Waals surface area contributed by atoms with Crippen LogP contribution in [0.1, 0.15) is 6.92 Å². The van der Waals surface area contributed by atoms with E-state index in [-0.39, 0.29) is 16.2 Å². The van der Waals surface area contributed by atoms with Crippen molar-refractivity contribution < 1.29 is 13.5 Å². The minimum Gasteiger partial charge on any atom is -0.392 e. The Hall–Kier alpha value is -1.22. The normalized spacial score (nSPS) is 13.8. The van der Waals surface area contributed by atoms with Gasteiger partial charge in [0.25, 0.3) is 4.74 Å². The maximum atomic E-state index is 12.0. The van der Waals surface area contributed by atoms with Gasteiger partial charge < -0.3 is 5.11 Å². The zero-order valence-electron chi connectivity index (χ0n) is 10.5. The molecule has 1 atom stereocenters. The Morgan fingerprint density at radius 1 is 1.47 bits per heavy atom. The van der Waals surface area contributed by atoms with Crippen molar-refractivity contribution in [2.75, 3.05) is 6.54 Å².